The lowest BCUT2D eigenvalue weighted by Gasteiger charge is -2.07. The SMILES string of the molecule is C=C(C)C(=N)OCCCCCCCCCCOP(=O)(O)O. The largest absolute Gasteiger partial charge is 0.478 e. The van der Waals surface area contributed by atoms with Gasteiger partial charge in [-0.15, -0.1) is 0 Å². The normalized spacial score (nSPS) is 11.4. The molecule has 0 fully saturated rings. The molecule has 0 heterocycles. The van der Waals surface area contributed by atoms with Gasteiger partial charge in [0.15, 0.2) is 0 Å². The van der Waals surface area contributed by atoms with Gasteiger partial charge < -0.3 is 14.5 Å². The molecule has 0 unspecified atom stereocenters. The van der Waals surface area contributed by atoms with E-state index in [1.807, 2.05) is 0 Å². The first-order valence-corrected chi connectivity index (χ1v) is 8.93. The standard InChI is InChI=1S/C14H28NO5P/c1-13(2)14(15)19-11-9-7-5-3-4-6-8-10-12-20-21(16,17)18/h15H,1,3-12H2,2H3,(H2,16,17,18). The number of hydrogen-bond acceptors (Lipinski definition) is 4. The molecule has 0 amide bonds. The minimum atomic E-state index is -4.29. The molecular weight excluding hydrogens is 293 g/mol. The van der Waals surface area contributed by atoms with Gasteiger partial charge in [0.1, 0.15) is 0 Å². The van der Waals surface area contributed by atoms with E-state index in [1.165, 1.54) is 0 Å². The number of ether oxygens (including phenoxy) is 1. The fraction of sp³-hybridized carbons (Fsp3) is 0.786. The maximum atomic E-state index is 10.4. The molecule has 124 valence electrons. The van der Waals surface area contributed by atoms with Gasteiger partial charge in [-0.1, -0.05) is 45.1 Å². The van der Waals surface area contributed by atoms with Crippen LogP contribution >= 0.6 is 7.82 Å². The van der Waals surface area contributed by atoms with E-state index in [0.29, 0.717) is 18.6 Å². The van der Waals surface area contributed by atoms with Gasteiger partial charge in [0.2, 0.25) is 5.90 Å². The Morgan fingerprint density at radius 3 is 1.86 bits per heavy atom. The number of hydrogen-bond donors (Lipinski definition) is 3. The quantitative estimate of drug-likeness (QED) is 0.207. The molecule has 3 N–H and O–H groups in total. The summed E-state index contributed by atoms with van der Waals surface area (Å²) in [6.07, 6.45) is 8.12. The molecule has 6 nitrogen and oxygen atoms in total. The van der Waals surface area contributed by atoms with Gasteiger partial charge in [-0.3, -0.25) is 9.93 Å². The van der Waals surface area contributed by atoms with Crippen LogP contribution in [0.2, 0.25) is 0 Å². The highest BCUT2D eigenvalue weighted by atomic mass is 31.2. The fourth-order valence-corrected chi connectivity index (χ4v) is 2.11. The van der Waals surface area contributed by atoms with Crippen molar-refractivity contribution in [2.45, 2.75) is 58.3 Å². The summed E-state index contributed by atoms with van der Waals surface area (Å²) in [4.78, 5) is 17.0. The molecule has 0 aliphatic rings. The zero-order valence-corrected chi connectivity index (χ0v) is 13.7. The first kappa shape index (κ1) is 20.3. The van der Waals surface area contributed by atoms with Crippen LogP contribution in [0.1, 0.15) is 58.3 Å². The van der Waals surface area contributed by atoms with Gasteiger partial charge in [-0.05, 0) is 19.8 Å². The average Bonchev–Trinajstić information content (AvgIpc) is 2.38. The summed E-state index contributed by atoms with van der Waals surface area (Å²) in [7, 11) is -4.29. The van der Waals surface area contributed by atoms with Crippen LogP contribution in [0, 0.1) is 5.41 Å². The second-order valence-corrected chi connectivity index (χ2v) is 6.35. The van der Waals surface area contributed by atoms with E-state index >= 15 is 0 Å². The lowest BCUT2D eigenvalue weighted by Crippen LogP contribution is -2.05. The lowest BCUT2D eigenvalue weighted by atomic mass is 10.1. The molecule has 0 radical (unpaired) electrons. The van der Waals surface area contributed by atoms with E-state index in [4.69, 9.17) is 19.9 Å². The molecule has 0 aliphatic carbocycles. The minimum absolute atomic E-state index is 0.121. The van der Waals surface area contributed by atoms with E-state index in [-0.39, 0.29) is 12.5 Å². The van der Waals surface area contributed by atoms with E-state index in [0.717, 1.165) is 44.9 Å². The van der Waals surface area contributed by atoms with Crippen molar-refractivity contribution in [3.63, 3.8) is 0 Å². The summed E-state index contributed by atoms with van der Waals surface area (Å²) >= 11 is 0. The highest BCUT2D eigenvalue weighted by molar-refractivity contribution is 7.46. The van der Waals surface area contributed by atoms with Gasteiger partial charge in [0.25, 0.3) is 0 Å². The molecule has 0 bridgehead atoms. The number of rotatable bonds is 13. The summed E-state index contributed by atoms with van der Waals surface area (Å²) in [6, 6.07) is 0. The smallest absolute Gasteiger partial charge is 0.469 e. The first-order valence-electron chi connectivity index (χ1n) is 7.40. The minimum Gasteiger partial charge on any atom is -0.478 e. The van der Waals surface area contributed by atoms with Crippen LogP contribution in [0.5, 0.6) is 0 Å². The highest BCUT2D eigenvalue weighted by Crippen LogP contribution is 2.35. The summed E-state index contributed by atoms with van der Waals surface area (Å²) in [6.45, 7) is 6.09. The first-order chi connectivity index (χ1) is 9.83. The summed E-state index contributed by atoms with van der Waals surface area (Å²) in [5.41, 5.74) is 0.651. The van der Waals surface area contributed by atoms with Gasteiger partial charge >= 0.3 is 7.82 Å². The Morgan fingerprint density at radius 2 is 1.43 bits per heavy atom. The van der Waals surface area contributed by atoms with Crippen LogP contribution in [0.15, 0.2) is 12.2 Å². The predicted octanol–water partition coefficient (Wildman–Crippen LogP) is 3.79. The van der Waals surface area contributed by atoms with Crippen molar-refractivity contribution in [2.75, 3.05) is 13.2 Å². The van der Waals surface area contributed by atoms with Gasteiger partial charge in [-0.2, -0.15) is 0 Å². The number of phosphoric acid groups is 1. The Balaban J connectivity index is 3.18. The van der Waals surface area contributed by atoms with Crippen LogP contribution in [-0.4, -0.2) is 28.9 Å². The van der Waals surface area contributed by atoms with Crippen LogP contribution in [-0.2, 0) is 13.8 Å². The van der Waals surface area contributed by atoms with Gasteiger partial charge in [0, 0.05) is 5.57 Å². The third kappa shape index (κ3) is 15.5. The summed E-state index contributed by atoms with van der Waals surface area (Å²) in [5.74, 6) is 0.174. The topological polar surface area (TPSA) is 99.8 Å². The molecular formula is C14H28NO5P. The molecule has 0 atom stereocenters. The van der Waals surface area contributed by atoms with Crippen LogP contribution < -0.4 is 0 Å². The zero-order valence-electron chi connectivity index (χ0n) is 12.8. The second kappa shape index (κ2) is 11.9. The number of phosphoric ester groups is 1. The molecule has 21 heavy (non-hydrogen) atoms. The Morgan fingerprint density at radius 1 is 1.00 bits per heavy atom. The van der Waals surface area contributed by atoms with E-state index in [1.54, 1.807) is 6.92 Å². The van der Waals surface area contributed by atoms with Crippen molar-refractivity contribution in [1.29, 1.82) is 5.41 Å². The van der Waals surface area contributed by atoms with Crippen molar-refractivity contribution in [3.8, 4) is 0 Å². The Bertz CT molecular complexity index is 353. The van der Waals surface area contributed by atoms with Crippen molar-refractivity contribution in [2.24, 2.45) is 0 Å². The van der Waals surface area contributed by atoms with Crippen LogP contribution in [0.25, 0.3) is 0 Å². The molecule has 0 saturated carbocycles. The predicted molar refractivity (Wildman–Crippen MR) is 83.4 cm³/mol. The number of unbranched alkanes of at least 4 members (excludes halogenated alkanes) is 7. The van der Waals surface area contributed by atoms with Crippen molar-refractivity contribution < 1.29 is 23.6 Å². The van der Waals surface area contributed by atoms with Crippen molar-refractivity contribution in [1.82, 2.24) is 0 Å². The van der Waals surface area contributed by atoms with Gasteiger partial charge in [-0.25, -0.2) is 4.57 Å². The average molecular weight is 321 g/mol. The summed E-state index contributed by atoms with van der Waals surface area (Å²) in [5, 5.41) is 7.43. The molecule has 0 saturated heterocycles. The monoisotopic (exact) mass is 321 g/mol. The second-order valence-electron chi connectivity index (χ2n) is 5.11. The van der Waals surface area contributed by atoms with Crippen LogP contribution in [0.4, 0.5) is 0 Å². The van der Waals surface area contributed by atoms with Crippen molar-refractivity contribution >= 4 is 13.7 Å². The maximum absolute atomic E-state index is 10.4. The van der Waals surface area contributed by atoms with Crippen LogP contribution in [0.3, 0.4) is 0 Å². The molecule has 0 rings (SSSR count). The molecule has 0 aromatic rings. The third-order valence-electron chi connectivity index (χ3n) is 2.93. The molecule has 0 aromatic carbocycles. The maximum Gasteiger partial charge on any atom is 0.469 e. The van der Waals surface area contributed by atoms with E-state index < -0.39 is 7.82 Å². The zero-order chi connectivity index (χ0) is 16.1. The molecule has 0 aliphatic heterocycles. The van der Waals surface area contributed by atoms with E-state index in [9.17, 15) is 4.57 Å². The highest BCUT2D eigenvalue weighted by Gasteiger charge is 2.12. The Kier molecular flexibility index (Phi) is 11.5. The molecule has 0 aromatic heterocycles. The molecule has 0 spiro atoms. The summed E-state index contributed by atoms with van der Waals surface area (Å²) < 4.78 is 20.0. The molecule has 7 heteroatoms. The Hall–Kier alpha value is -0.680. The Labute approximate surface area is 127 Å². The lowest BCUT2D eigenvalue weighted by molar-refractivity contribution is 0.193. The fourth-order valence-electron chi connectivity index (χ4n) is 1.75. The van der Waals surface area contributed by atoms with Gasteiger partial charge in [0.05, 0.1) is 13.2 Å². The van der Waals surface area contributed by atoms with E-state index in [2.05, 4.69) is 11.1 Å². The third-order valence-corrected chi connectivity index (χ3v) is 3.45. The van der Waals surface area contributed by atoms with Crippen molar-refractivity contribution in [3.05, 3.63) is 12.2 Å². The number of nitrogens with one attached hydrogen (secondary N) is 1.